The van der Waals surface area contributed by atoms with Crippen molar-refractivity contribution in [2.24, 2.45) is 0 Å². The average Bonchev–Trinajstić information content (AvgIpc) is 3.40. The van der Waals surface area contributed by atoms with E-state index in [0.717, 1.165) is 22.3 Å². The summed E-state index contributed by atoms with van der Waals surface area (Å²) < 4.78 is 12.1. The molecule has 1 N–H and O–H groups in total. The number of carbonyl (C=O) groups excluding carboxylic acids is 1. The van der Waals surface area contributed by atoms with Gasteiger partial charge < -0.3 is 19.5 Å². The number of nitrogens with zero attached hydrogens (tertiary/aromatic N) is 5. The number of benzene rings is 1. The normalized spacial score (nSPS) is 12.1. The van der Waals surface area contributed by atoms with Crippen LogP contribution in [0.1, 0.15) is 43.7 Å². The zero-order chi connectivity index (χ0) is 24.4. The fourth-order valence-corrected chi connectivity index (χ4v) is 4.01. The molecule has 0 radical (unpaired) electrons. The van der Waals surface area contributed by atoms with Crippen molar-refractivity contribution >= 4 is 12.1 Å². The van der Waals surface area contributed by atoms with Crippen molar-refractivity contribution in [3.05, 3.63) is 69.5 Å². The number of hydrogen-bond donors (Lipinski definition) is 1. The third kappa shape index (κ3) is 4.15. The topological polar surface area (TPSA) is 131 Å². The Hall–Kier alpha value is -4.39. The smallest absolute Gasteiger partial charge is 0.407 e. The Kier molecular flexibility index (Phi) is 6.19. The van der Waals surface area contributed by atoms with E-state index in [4.69, 9.17) is 14.7 Å². The number of fused-ring (bicyclic) bond motifs is 1. The number of aryl methyl sites for hydroxylation is 1. The minimum absolute atomic E-state index is 0.0688. The number of ether oxygens (including phenoxy) is 2. The van der Waals surface area contributed by atoms with Gasteiger partial charge in [-0.05, 0) is 49.1 Å². The Morgan fingerprint density at radius 3 is 2.79 bits per heavy atom. The summed E-state index contributed by atoms with van der Waals surface area (Å²) in [6.07, 6.45) is 2.42. The number of cyclic esters (lactones) is 1. The largest absolute Gasteiger partial charge is 0.481 e. The first-order chi connectivity index (χ1) is 16.3. The summed E-state index contributed by atoms with van der Waals surface area (Å²) in [5.41, 5.74) is 5.13. The Labute approximate surface area is 196 Å². The van der Waals surface area contributed by atoms with E-state index < -0.39 is 6.09 Å². The van der Waals surface area contributed by atoms with Gasteiger partial charge >= 0.3 is 12.1 Å². The van der Waals surface area contributed by atoms with Crippen LogP contribution in [0.4, 0.5) is 4.79 Å². The highest BCUT2D eigenvalue weighted by Crippen LogP contribution is 2.27. The number of aromatic nitrogens is 3. The summed E-state index contributed by atoms with van der Waals surface area (Å²) in [4.78, 5) is 29.3. The number of hydrogen-bond acceptors (Lipinski definition) is 7. The summed E-state index contributed by atoms with van der Waals surface area (Å²) in [5.74, 6) is 0.507. The Bertz CT molecular complexity index is 1320. The van der Waals surface area contributed by atoms with Crippen LogP contribution in [0.25, 0.3) is 5.82 Å². The molecule has 0 bridgehead atoms. The minimum atomic E-state index is -1.07. The number of carboxylic acid groups (broad SMARTS) is 1. The van der Waals surface area contributed by atoms with Crippen LogP contribution in [-0.4, -0.2) is 50.5 Å². The maximum absolute atomic E-state index is 12.0. The van der Waals surface area contributed by atoms with Crippen LogP contribution < -0.4 is 4.74 Å². The highest BCUT2D eigenvalue weighted by molar-refractivity contribution is 5.93. The fraction of sp³-hybridized carbons (Fsp3) is 0.292. The quantitative estimate of drug-likeness (QED) is 0.531. The van der Waals surface area contributed by atoms with Gasteiger partial charge in [-0.3, -0.25) is 0 Å². The summed E-state index contributed by atoms with van der Waals surface area (Å²) >= 11 is 0. The standard InChI is InChI=1S/C24H23N5O5/c1-14-8-21(26-10-17(14)9-25)29-22(33-3)18(11-27-29)12-28(24(31)32)7-6-16-4-5-19-20(15(16)2)13-34-23(19)30/h4-5,8,10-11H,6-7,12-13H2,1-3H3,(H,31,32). The molecular formula is C24H23N5O5. The Morgan fingerprint density at radius 1 is 1.32 bits per heavy atom. The van der Waals surface area contributed by atoms with Crippen LogP contribution in [-0.2, 0) is 24.3 Å². The predicted octanol–water partition coefficient (Wildman–Crippen LogP) is 3.16. The van der Waals surface area contributed by atoms with Crippen molar-refractivity contribution in [3.8, 4) is 17.8 Å². The van der Waals surface area contributed by atoms with Gasteiger partial charge in [0.1, 0.15) is 12.7 Å². The molecule has 174 valence electrons. The molecule has 0 atom stereocenters. The van der Waals surface area contributed by atoms with Crippen molar-refractivity contribution in [2.75, 3.05) is 13.7 Å². The molecule has 1 amide bonds. The molecule has 0 unspecified atom stereocenters. The average molecular weight is 461 g/mol. The van der Waals surface area contributed by atoms with Gasteiger partial charge in [-0.15, -0.1) is 0 Å². The number of pyridine rings is 1. The zero-order valence-electron chi connectivity index (χ0n) is 19.0. The molecule has 2 aromatic heterocycles. The van der Waals surface area contributed by atoms with Crippen molar-refractivity contribution in [1.29, 1.82) is 5.26 Å². The lowest BCUT2D eigenvalue weighted by Crippen LogP contribution is -2.31. The van der Waals surface area contributed by atoms with Crippen molar-refractivity contribution < 1.29 is 24.2 Å². The number of nitriles is 1. The lowest BCUT2D eigenvalue weighted by atomic mass is 9.96. The number of rotatable bonds is 7. The van der Waals surface area contributed by atoms with Gasteiger partial charge in [-0.25, -0.2) is 14.6 Å². The molecule has 10 heteroatoms. The van der Waals surface area contributed by atoms with E-state index in [-0.39, 0.29) is 25.7 Å². The SMILES string of the molecule is COc1c(CN(CCc2ccc3c(c2C)COC3=O)C(=O)O)cnn1-c1cc(C)c(C#N)cn1. The summed E-state index contributed by atoms with van der Waals surface area (Å²) in [5, 5.41) is 23.3. The fourth-order valence-electron chi connectivity index (χ4n) is 4.01. The Balaban J connectivity index is 1.54. The summed E-state index contributed by atoms with van der Waals surface area (Å²) in [6, 6.07) is 7.37. The molecule has 0 saturated carbocycles. The molecule has 1 aromatic carbocycles. The zero-order valence-corrected chi connectivity index (χ0v) is 19.0. The van der Waals surface area contributed by atoms with Crippen LogP contribution in [0.15, 0.2) is 30.6 Å². The van der Waals surface area contributed by atoms with E-state index in [1.807, 2.05) is 13.0 Å². The van der Waals surface area contributed by atoms with Crippen LogP contribution >= 0.6 is 0 Å². The van der Waals surface area contributed by atoms with Gasteiger partial charge in [0, 0.05) is 18.3 Å². The van der Waals surface area contributed by atoms with E-state index in [1.165, 1.54) is 22.9 Å². The van der Waals surface area contributed by atoms with Crippen LogP contribution in [0.5, 0.6) is 5.88 Å². The lowest BCUT2D eigenvalue weighted by Gasteiger charge is -2.20. The van der Waals surface area contributed by atoms with Gasteiger partial charge in [0.25, 0.3) is 0 Å². The molecule has 0 saturated heterocycles. The van der Waals surface area contributed by atoms with Crippen molar-refractivity contribution in [1.82, 2.24) is 19.7 Å². The summed E-state index contributed by atoms with van der Waals surface area (Å²) in [6.45, 7) is 4.28. The van der Waals surface area contributed by atoms with E-state index >= 15 is 0 Å². The molecule has 4 rings (SSSR count). The van der Waals surface area contributed by atoms with Gasteiger partial charge in [0.2, 0.25) is 5.88 Å². The summed E-state index contributed by atoms with van der Waals surface area (Å²) in [7, 11) is 1.48. The lowest BCUT2D eigenvalue weighted by molar-refractivity contribution is 0.0534. The molecule has 34 heavy (non-hydrogen) atoms. The number of esters is 1. The highest BCUT2D eigenvalue weighted by atomic mass is 16.5. The third-order valence-electron chi connectivity index (χ3n) is 5.98. The number of methoxy groups -OCH3 is 1. The molecule has 0 spiro atoms. The van der Waals surface area contributed by atoms with E-state index in [1.54, 1.807) is 25.3 Å². The van der Waals surface area contributed by atoms with Gasteiger partial charge in [-0.1, -0.05) is 6.07 Å². The monoisotopic (exact) mass is 461 g/mol. The first kappa shape index (κ1) is 22.8. The van der Waals surface area contributed by atoms with E-state index in [0.29, 0.717) is 34.8 Å². The number of carbonyl (C=O) groups is 2. The predicted molar refractivity (Wildman–Crippen MR) is 120 cm³/mol. The second-order valence-corrected chi connectivity index (χ2v) is 7.97. The Morgan fingerprint density at radius 2 is 2.12 bits per heavy atom. The molecule has 3 heterocycles. The second kappa shape index (κ2) is 9.23. The molecular weight excluding hydrogens is 438 g/mol. The molecule has 0 aliphatic carbocycles. The van der Waals surface area contributed by atoms with Gasteiger partial charge in [-0.2, -0.15) is 15.0 Å². The van der Waals surface area contributed by atoms with Crippen molar-refractivity contribution in [3.63, 3.8) is 0 Å². The number of amides is 1. The first-order valence-corrected chi connectivity index (χ1v) is 10.6. The minimum Gasteiger partial charge on any atom is -0.481 e. The molecule has 10 nitrogen and oxygen atoms in total. The van der Waals surface area contributed by atoms with Crippen molar-refractivity contribution in [2.45, 2.75) is 33.4 Å². The van der Waals surface area contributed by atoms with Crippen LogP contribution in [0.2, 0.25) is 0 Å². The molecule has 1 aliphatic rings. The second-order valence-electron chi connectivity index (χ2n) is 7.97. The van der Waals surface area contributed by atoms with E-state index in [2.05, 4.69) is 16.2 Å². The first-order valence-electron chi connectivity index (χ1n) is 10.6. The van der Waals surface area contributed by atoms with Crippen LogP contribution in [0.3, 0.4) is 0 Å². The van der Waals surface area contributed by atoms with Crippen LogP contribution in [0, 0.1) is 25.2 Å². The maximum atomic E-state index is 12.0. The molecule has 3 aromatic rings. The van der Waals surface area contributed by atoms with Gasteiger partial charge in [0.05, 0.1) is 36.5 Å². The maximum Gasteiger partial charge on any atom is 0.407 e. The molecule has 0 fully saturated rings. The van der Waals surface area contributed by atoms with Gasteiger partial charge in [0.15, 0.2) is 5.82 Å². The highest BCUT2D eigenvalue weighted by Gasteiger charge is 2.25. The third-order valence-corrected chi connectivity index (χ3v) is 5.98. The van der Waals surface area contributed by atoms with E-state index in [9.17, 15) is 14.7 Å². The molecule has 1 aliphatic heterocycles.